The fourth-order valence-electron chi connectivity index (χ4n) is 1.47. The minimum absolute atomic E-state index is 0.106. The number of benzene rings is 1. The van der Waals surface area contributed by atoms with E-state index < -0.39 is 10.8 Å². The third-order valence-corrected chi connectivity index (χ3v) is 2.31. The van der Waals surface area contributed by atoms with Gasteiger partial charge in [0, 0.05) is 38.5 Å². The summed E-state index contributed by atoms with van der Waals surface area (Å²) in [6.07, 6.45) is 0. The van der Waals surface area contributed by atoms with Gasteiger partial charge in [0.15, 0.2) is 0 Å². The topological polar surface area (TPSA) is 95.7 Å². The van der Waals surface area contributed by atoms with Crippen LogP contribution in [-0.2, 0) is 0 Å². The quantitative estimate of drug-likeness (QED) is 0.584. The first-order valence-corrected chi connectivity index (χ1v) is 5.32. The van der Waals surface area contributed by atoms with Crippen LogP contribution >= 0.6 is 0 Å². The first-order valence-electron chi connectivity index (χ1n) is 5.32. The van der Waals surface area contributed by atoms with Crippen molar-refractivity contribution < 1.29 is 14.8 Å². The highest BCUT2D eigenvalue weighted by molar-refractivity contribution is 6.00. The number of aliphatic hydroxyl groups is 1. The molecule has 0 atom stereocenters. The summed E-state index contributed by atoms with van der Waals surface area (Å²) in [6.45, 7) is -0.0770. The van der Waals surface area contributed by atoms with E-state index >= 15 is 0 Å². The van der Waals surface area contributed by atoms with Crippen molar-refractivity contribution in [2.24, 2.45) is 0 Å². The molecule has 1 amide bonds. The van der Waals surface area contributed by atoms with E-state index in [0.717, 1.165) is 0 Å². The Hall–Kier alpha value is -2.15. The second-order valence-corrected chi connectivity index (χ2v) is 3.83. The molecule has 0 fully saturated rings. The van der Waals surface area contributed by atoms with Crippen LogP contribution in [0.5, 0.6) is 0 Å². The molecule has 0 unspecified atom stereocenters. The van der Waals surface area contributed by atoms with Crippen LogP contribution in [0.3, 0.4) is 0 Å². The van der Waals surface area contributed by atoms with Gasteiger partial charge in [-0.1, -0.05) is 0 Å². The Labute approximate surface area is 104 Å². The van der Waals surface area contributed by atoms with Gasteiger partial charge < -0.3 is 15.3 Å². The largest absolute Gasteiger partial charge is 0.395 e. The summed E-state index contributed by atoms with van der Waals surface area (Å²) < 4.78 is 0. The third kappa shape index (κ3) is 3.17. The second-order valence-electron chi connectivity index (χ2n) is 3.83. The van der Waals surface area contributed by atoms with Crippen LogP contribution in [0.2, 0.25) is 0 Å². The van der Waals surface area contributed by atoms with E-state index in [1.165, 1.54) is 18.2 Å². The highest BCUT2D eigenvalue weighted by Crippen LogP contribution is 2.23. The summed E-state index contributed by atoms with van der Waals surface area (Å²) >= 11 is 0. The molecule has 0 aliphatic rings. The lowest BCUT2D eigenvalue weighted by Crippen LogP contribution is -2.28. The monoisotopic (exact) mass is 253 g/mol. The van der Waals surface area contributed by atoms with Gasteiger partial charge in [-0.2, -0.15) is 0 Å². The van der Waals surface area contributed by atoms with Crippen LogP contribution in [0.4, 0.5) is 11.4 Å². The summed E-state index contributed by atoms with van der Waals surface area (Å²) in [6, 6.07) is 4.09. The average molecular weight is 253 g/mol. The van der Waals surface area contributed by atoms with Gasteiger partial charge in [0.25, 0.3) is 11.6 Å². The number of rotatable bonds is 5. The molecule has 98 valence electrons. The smallest absolute Gasteiger partial charge is 0.270 e. The Kier molecular flexibility index (Phi) is 4.61. The number of nitro groups is 1. The number of carbonyl (C=O) groups excluding carboxylic acids is 1. The standard InChI is InChI=1S/C11H15N3O4/c1-13(2)10-4-3-8(14(17)18)7-9(10)11(16)12-5-6-15/h3-4,7,15H,5-6H2,1-2H3,(H,12,16). The predicted octanol–water partition coefficient (Wildman–Crippen LogP) is 0.383. The zero-order valence-corrected chi connectivity index (χ0v) is 10.2. The minimum Gasteiger partial charge on any atom is -0.395 e. The number of anilines is 1. The van der Waals surface area contributed by atoms with Gasteiger partial charge in [0.1, 0.15) is 0 Å². The number of nitrogens with one attached hydrogen (secondary N) is 1. The fraction of sp³-hybridized carbons (Fsp3) is 0.364. The average Bonchev–Trinajstić information content (AvgIpc) is 2.34. The number of non-ortho nitro benzene ring substituents is 1. The number of hydrogen-bond acceptors (Lipinski definition) is 5. The minimum atomic E-state index is -0.553. The Morgan fingerprint density at radius 1 is 1.50 bits per heavy atom. The van der Waals surface area contributed by atoms with Crippen molar-refractivity contribution in [1.82, 2.24) is 5.32 Å². The molecule has 2 N–H and O–H groups in total. The van der Waals surface area contributed by atoms with Crippen LogP contribution < -0.4 is 10.2 Å². The van der Waals surface area contributed by atoms with Gasteiger partial charge in [0.2, 0.25) is 0 Å². The van der Waals surface area contributed by atoms with Crippen LogP contribution in [0.25, 0.3) is 0 Å². The maximum absolute atomic E-state index is 11.8. The molecule has 0 aliphatic heterocycles. The lowest BCUT2D eigenvalue weighted by Gasteiger charge is -2.16. The van der Waals surface area contributed by atoms with E-state index in [-0.39, 0.29) is 24.4 Å². The maximum atomic E-state index is 11.8. The summed E-state index contributed by atoms with van der Waals surface area (Å²) in [5, 5.41) is 21.8. The molecule has 1 aromatic carbocycles. The van der Waals surface area contributed by atoms with Gasteiger partial charge in [-0.15, -0.1) is 0 Å². The van der Waals surface area contributed by atoms with Gasteiger partial charge in [-0.25, -0.2) is 0 Å². The van der Waals surface area contributed by atoms with Crippen molar-refractivity contribution in [1.29, 1.82) is 0 Å². The zero-order valence-electron chi connectivity index (χ0n) is 10.2. The molecule has 18 heavy (non-hydrogen) atoms. The predicted molar refractivity (Wildman–Crippen MR) is 66.8 cm³/mol. The molecule has 0 saturated carbocycles. The number of nitro benzene ring substituents is 1. The normalized spacial score (nSPS) is 9.94. The van der Waals surface area contributed by atoms with E-state index in [9.17, 15) is 14.9 Å². The molecule has 1 aromatic rings. The molecular weight excluding hydrogens is 238 g/mol. The fourth-order valence-corrected chi connectivity index (χ4v) is 1.47. The molecule has 1 rings (SSSR count). The highest BCUT2D eigenvalue weighted by atomic mass is 16.6. The van der Waals surface area contributed by atoms with E-state index in [4.69, 9.17) is 5.11 Å². The van der Waals surface area contributed by atoms with Crippen molar-refractivity contribution in [2.75, 3.05) is 32.1 Å². The number of nitrogens with zero attached hydrogens (tertiary/aromatic N) is 2. The van der Waals surface area contributed by atoms with E-state index in [1.807, 2.05) is 0 Å². The second kappa shape index (κ2) is 5.97. The zero-order chi connectivity index (χ0) is 13.7. The van der Waals surface area contributed by atoms with Crippen molar-refractivity contribution in [3.8, 4) is 0 Å². The van der Waals surface area contributed by atoms with Crippen molar-refractivity contribution in [3.05, 3.63) is 33.9 Å². The molecule has 0 bridgehead atoms. The van der Waals surface area contributed by atoms with Crippen LogP contribution in [0.15, 0.2) is 18.2 Å². The molecule has 0 aromatic heterocycles. The van der Waals surface area contributed by atoms with Crippen molar-refractivity contribution in [2.45, 2.75) is 0 Å². The Balaban J connectivity index is 3.14. The van der Waals surface area contributed by atoms with Crippen LogP contribution in [0.1, 0.15) is 10.4 Å². The lowest BCUT2D eigenvalue weighted by molar-refractivity contribution is -0.384. The molecule has 7 heteroatoms. The molecule has 0 aliphatic carbocycles. The summed E-state index contributed by atoms with van der Waals surface area (Å²) in [7, 11) is 3.48. The SMILES string of the molecule is CN(C)c1ccc([N+](=O)[O-])cc1C(=O)NCCO. The number of amides is 1. The summed E-state index contributed by atoms with van der Waals surface area (Å²) in [4.78, 5) is 23.7. The van der Waals surface area contributed by atoms with E-state index in [1.54, 1.807) is 19.0 Å². The molecule has 0 heterocycles. The molecule has 0 saturated heterocycles. The van der Waals surface area contributed by atoms with Crippen LogP contribution in [-0.4, -0.2) is 43.2 Å². The highest BCUT2D eigenvalue weighted by Gasteiger charge is 2.17. The van der Waals surface area contributed by atoms with Crippen LogP contribution in [0, 0.1) is 10.1 Å². The maximum Gasteiger partial charge on any atom is 0.270 e. The lowest BCUT2D eigenvalue weighted by atomic mass is 10.1. The number of carbonyl (C=O) groups is 1. The number of aliphatic hydroxyl groups excluding tert-OH is 1. The first kappa shape index (κ1) is 13.9. The van der Waals surface area contributed by atoms with E-state index in [2.05, 4.69) is 5.32 Å². The van der Waals surface area contributed by atoms with Gasteiger partial charge in [-0.3, -0.25) is 14.9 Å². The molecule has 7 nitrogen and oxygen atoms in total. The molecular formula is C11H15N3O4. The molecule has 0 radical (unpaired) electrons. The summed E-state index contributed by atoms with van der Waals surface area (Å²) in [5.41, 5.74) is 0.647. The number of hydrogen-bond donors (Lipinski definition) is 2. The molecule has 0 spiro atoms. The summed E-state index contributed by atoms with van der Waals surface area (Å²) in [5.74, 6) is -0.448. The first-order chi connectivity index (χ1) is 8.47. The van der Waals surface area contributed by atoms with Gasteiger partial charge in [0.05, 0.1) is 17.1 Å². The Bertz CT molecular complexity index is 460. The Morgan fingerprint density at radius 3 is 2.67 bits per heavy atom. The van der Waals surface area contributed by atoms with E-state index in [0.29, 0.717) is 5.69 Å². The van der Waals surface area contributed by atoms with Gasteiger partial charge >= 0.3 is 0 Å². The van der Waals surface area contributed by atoms with Crippen molar-refractivity contribution >= 4 is 17.3 Å². The van der Waals surface area contributed by atoms with Gasteiger partial charge in [-0.05, 0) is 6.07 Å². The third-order valence-electron chi connectivity index (χ3n) is 2.31. The van der Waals surface area contributed by atoms with Crippen molar-refractivity contribution in [3.63, 3.8) is 0 Å². The Morgan fingerprint density at radius 2 is 2.17 bits per heavy atom.